The highest BCUT2D eigenvalue weighted by Gasteiger charge is 2.23. The van der Waals surface area contributed by atoms with Crippen molar-refractivity contribution in [3.05, 3.63) is 28.8 Å². The Morgan fingerprint density at radius 3 is 2.82 bits per heavy atom. The van der Waals surface area contributed by atoms with Crippen LogP contribution in [-0.4, -0.2) is 29.5 Å². The lowest BCUT2D eigenvalue weighted by molar-refractivity contribution is 0.0745. The van der Waals surface area contributed by atoms with Gasteiger partial charge in [-0.1, -0.05) is 18.0 Å². The molecule has 0 bridgehead atoms. The number of amides is 1. The number of rotatable bonds is 3. The van der Waals surface area contributed by atoms with Crippen LogP contribution in [0, 0.1) is 5.92 Å². The van der Waals surface area contributed by atoms with Gasteiger partial charge in [0.15, 0.2) is 0 Å². The van der Waals surface area contributed by atoms with E-state index in [0.717, 1.165) is 6.54 Å². The van der Waals surface area contributed by atoms with Crippen LogP contribution in [0.4, 0.5) is 0 Å². The van der Waals surface area contributed by atoms with Crippen molar-refractivity contribution in [1.29, 1.82) is 0 Å². The molecule has 1 aliphatic carbocycles. The minimum absolute atomic E-state index is 0.0646. The normalized spacial score (nSPS) is 15.4. The maximum atomic E-state index is 12.1. The second kappa shape index (κ2) is 4.96. The molecule has 1 fully saturated rings. The molecule has 0 atom stereocenters. The van der Waals surface area contributed by atoms with Gasteiger partial charge < -0.3 is 10.0 Å². The minimum atomic E-state index is -0.127. The Morgan fingerprint density at radius 1 is 1.53 bits per heavy atom. The highest BCUT2D eigenvalue weighted by atomic mass is 35.5. The molecule has 2 rings (SSSR count). The van der Waals surface area contributed by atoms with Gasteiger partial charge in [-0.05, 0) is 37.0 Å². The molecule has 3 nitrogen and oxygen atoms in total. The van der Waals surface area contributed by atoms with Crippen LogP contribution in [0.3, 0.4) is 0 Å². The quantitative estimate of drug-likeness (QED) is 0.900. The molecule has 0 heterocycles. The number of carbonyl (C=O) groups excluding carboxylic acids is 1. The smallest absolute Gasteiger partial charge is 0.255 e. The Morgan fingerprint density at radius 2 is 2.24 bits per heavy atom. The Balaban J connectivity index is 2.09. The summed E-state index contributed by atoms with van der Waals surface area (Å²) in [6, 6.07) is 4.44. The number of hydrogen-bond donors (Lipinski definition) is 1. The SMILES string of the molecule is CN(CC1CCC1)C(=O)c1cc(O)ccc1Cl. The third-order valence-corrected chi connectivity index (χ3v) is 3.61. The van der Waals surface area contributed by atoms with Crippen molar-refractivity contribution >= 4 is 17.5 Å². The summed E-state index contributed by atoms with van der Waals surface area (Å²) >= 11 is 5.96. The first-order valence-corrected chi connectivity index (χ1v) is 6.19. The van der Waals surface area contributed by atoms with E-state index in [2.05, 4.69) is 0 Å². The average molecular weight is 254 g/mol. The van der Waals surface area contributed by atoms with Crippen molar-refractivity contribution in [2.75, 3.05) is 13.6 Å². The fourth-order valence-corrected chi connectivity index (χ4v) is 2.23. The molecule has 1 aromatic carbocycles. The van der Waals surface area contributed by atoms with E-state index < -0.39 is 0 Å². The first-order valence-electron chi connectivity index (χ1n) is 5.82. The van der Waals surface area contributed by atoms with Gasteiger partial charge >= 0.3 is 0 Å². The van der Waals surface area contributed by atoms with Crippen LogP contribution in [0.5, 0.6) is 5.75 Å². The lowest BCUT2D eigenvalue weighted by Gasteiger charge is -2.30. The fraction of sp³-hybridized carbons (Fsp3) is 0.462. The van der Waals surface area contributed by atoms with Gasteiger partial charge in [-0.3, -0.25) is 4.79 Å². The van der Waals surface area contributed by atoms with Crippen LogP contribution in [0.1, 0.15) is 29.6 Å². The van der Waals surface area contributed by atoms with Crippen molar-refractivity contribution in [1.82, 2.24) is 4.90 Å². The van der Waals surface area contributed by atoms with Crippen LogP contribution in [0.15, 0.2) is 18.2 Å². The largest absolute Gasteiger partial charge is 0.508 e. The summed E-state index contributed by atoms with van der Waals surface area (Å²) < 4.78 is 0. The number of hydrogen-bond acceptors (Lipinski definition) is 2. The number of phenols is 1. The second-order valence-corrected chi connectivity index (χ2v) is 5.05. The third-order valence-electron chi connectivity index (χ3n) is 3.28. The summed E-state index contributed by atoms with van der Waals surface area (Å²) in [6.07, 6.45) is 3.66. The molecule has 0 spiro atoms. The summed E-state index contributed by atoms with van der Waals surface area (Å²) in [7, 11) is 1.78. The lowest BCUT2D eigenvalue weighted by Crippen LogP contribution is -2.34. The Kier molecular flexibility index (Phi) is 3.57. The van der Waals surface area contributed by atoms with Gasteiger partial charge in [-0.15, -0.1) is 0 Å². The fourth-order valence-electron chi connectivity index (χ4n) is 2.03. The minimum Gasteiger partial charge on any atom is -0.508 e. The van der Waals surface area contributed by atoms with Crippen molar-refractivity contribution in [3.8, 4) is 5.75 Å². The maximum absolute atomic E-state index is 12.1. The Hall–Kier alpha value is -1.22. The highest BCUT2D eigenvalue weighted by molar-refractivity contribution is 6.33. The van der Waals surface area contributed by atoms with Crippen molar-refractivity contribution in [2.24, 2.45) is 5.92 Å². The summed E-state index contributed by atoms with van der Waals surface area (Å²) in [4.78, 5) is 13.8. The molecule has 1 N–H and O–H groups in total. The molecule has 0 aromatic heterocycles. The second-order valence-electron chi connectivity index (χ2n) is 4.65. The zero-order valence-electron chi connectivity index (χ0n) is 9.82. The summed E-state index contributed by atoms with van der Waals surface area (Å²) in [5, 5.41) is 9.76. The standard InChI is InChI=1S/C13H16ClNO2/c1-15(8-9-3-2-4-9)13(17)11-7-10(16)5-6-12(11)14/h5-7,9,16H,2-4,8H2,1H3. The molecule has 0 unspecified atom stereocenters. The summed E-state index contributed by atoms with van der Waals surface area (Å²) in [5.41, 5.74) is 0.369. The molecule has 1 saturated carbocycles. The zero-order valence-corrected chi connectivity index (χ0v) is 10.6. The molecule has 1 aromatic rings. The van der Waals surface area contributed by atoms with Gasteiger partial charge in [0.05, 0.1) is 10.6 Å². The number of carbonyl (C=O) groups is 1. The lowest BCUT2D eigenvalue weighted by atomic mass is 9.85. The Bertz CT molecular complexity index is 429. The molecular weight excluding hydrogens is 238 g/mol. The summed E-state index contributed by atoms with van der Waals surface area (Å²) in [6.45, 7) is 0.769. The maximum Gasteiger partial charge on any atom is 0.255 e. The van der Waals surface area contributed by atoms with Gasteiger partial charge in [-0.25, -0.2) is 0 Å². The number of phenolic OH excluding ortho intramolecular Hbond substituents is 1. The molecule has 92 valence electrons. The van der Waals surface area contributed by atoms with E-state index in [1.54, 1.807) is 18.0 Å². The van der Waals surface area contributed by atoms with Crippen LogP contribution in [0.25, 0.3) is 0 Å². The van der Waals surface area contributed by atoms with Crippen LogP contribution in [-0.2, 0) is 0 Å². The first kappa shape index (κ1) is 12.2. The van der Waals surface area contributed by atoms with E-state index in [1.807, 2.05) is 0 Å². The van der Waals surface area contributed by atoms with E-state index in [9.17, 15) is 9.90 Å². The highest BCUT2D eigenvalue weighted by Crippen LogP contribution is 2.28. The molecule has 1 amide bonds. The molecule has 1 aliphatic rings. The monoisotopic (exact) mass is 253 g/mol. The third kappa shape index (κ3) is 2.72. The molecule has 0 saturated heterocycles. The van der Waals surface area contributed by atoms with Crippen molar-refractivity contribution < 1.29 is 9.90 Å². The predicted octanol–water partition coefficient (Wildman–Crippen LogP) is 2.92. The number of halogens is 1. The van der Waals surface area contributed by atoms with E-state index in [1.165, 1.54) is 31.4 Å². The van der Waals surface area contributed by atoms with E-state index in [-0.39, 0.29) is 11.7 Å². The number of nitrogens with zero attached hydrogens (tertiary/aromatic N) is 1. The van der Waals surface area contributed by atoms with Crippen molar-refractivity contribution in [2.45, 2.75) is 19.3 Å². The van der Waals surface area contributed by atoms with E-state index >= 15 is 0 Å². The van der Waals surface area contributed by atoms with E-state index in [4.69, 9.17) is 11.6 Å². The van der Waals surface area contributed by atoms with E-state index in [0.29, 0.717) is 16.5 Å². The number of aromatic hydroxyl groups is 1. The van der Waals surface area contributed by atoms with Crippen LogP contribution in [0.2, 0.25) is 5.02 Å². The van der Waals surface area contributed by atoms with Gasteiger partial charge in [0, 0.05) is 13.6 Å². The Labute approximate surface area is 106 Å². The van der Waals surface area contributed by atoms with Gasteiger partial charge in [0.2, 0.25) is 0 Å². The molecule has 17 heavy (non-hydrogen) atoms. The van der Waals surface area contributed by atoms with Crippen molar-refractivity contribution in [3.63, 3.8) is 0 Å². The topological polar surface area (TPSA) is 40.5 Å². The molecule has 4 heteroatoms. The molecule has 0 aliphatic heterocycles. The molecule has 0 radical (unpaired) electrons. The van der Waals surface area contributed by atoms with Crippen LogP contribution >= 0.6 is 11.6 Å². The molecular formula is C13H16ClNO2. The summed E-state index contributed by atoms with van der Waals surface area (Å²) in [5.74, 6) is 0.563. The predicted molar refractivity (Wildman–Crippen MR) is 67.4 cm³/mol. The number of benzene rings is 1. The zero-order chi connectivity index (χ0) is 12.4. The first-order chi connectivity index (χ1) is 8.08. The van der Waals surface area contributed by atoms with Crippen LogP contribution < -0.4 is 0 Å². The van der Waals surface area contributed by atoms with Gasteiger partial charge in [0.1, 0.15) is 5.75 Å². The van der Waals surface area contributed by atoms with Gasteiger partial charge in [-0.2, -0.15) is 0 Å². The van der Waals surface area contributed by atoms with Gasteiger partial charge in [0.25, 0.3) is 5.91 Å². The average Bonchev–Trinajstić information content (AvgIpc) is 2.25.